The van der Waals surface area contributed by atoms with E-state index in [4.69, 9.17) is 13.8 Å². The van der Waals surface area contributed by atoms with Crippen molar-refractivity contribution < 1.29 is 18.6 Å². The first kappa shape index (κ1) is 16.0. The average Bonchev–Trinajstić information content (AvgIpc) is 2.92. The number of ketones is 1. The molecule has 1 aromatic rings. The van der Waals surface area contributed by atoms with Crippen LogP contribution in [0.1, 0.15) is 52.1 Å². The summed E-state index contributed by atoms with van der Waals surface area (Å²) in [5.41, 5.74) is 0.760. The number of rotatable bonds is 4. The van der Waals surface area contributed by atoms with Crippen LogP contribution in [-0.4, -0.2) is 29.3 Å². The summed E-state index contributed by atoms with van der Waals surface area (Å²) in [6.45, 7) is 11.8. The summed E-state index contributed by atoms with van der Waals surface area (Å²) >= 11 is 0. The minimum Gasteiger partial charge on any atom is -0.403 e. The van der Waals surface area contributed by atoms with Crippen molar-refractivity contribution in [2.45, 2.75) is 59.1 Å². The van der Waals surface area contributed by atoms with Crippen molar-refractivity contribution in [1.82, 2.24) is 5.16 Å². The lowest BCUT2D eigenvalue weighted by molar-refractivity contribution is 0.00578. The molecule has 0 atom stereocenters. The highest BCUT2D eigenvalue weighted by Crippen LogP contribution is 2.39. The number of allylic oxidation sites excluding steroid dienone is 2. The van der Waals surface area contributed by atoms with Crippen LogP contribution in [-0.2, 0) is 9.31 Å². The quantitative estimate of drug-likeness (QED) is 0.484. The number of aromatic nitrogens is 1. The molecule has 1 saturated heterocycles. The SMILES string of the molecule is CC(C)=C(CB1OC(C)(C)C(C)(C)O1)C(=O)c1ccno1. The molecule has 1 aliphatic rings. The van der Waals surface area contributed by atoms with E-state index in [1.165, 1.54) is 6.20 Å². The molecule has 6 heteroatoms. The Hall–Kier alpha value is -1.40. The van der Waals surface area contributed by atoms with E-state index in [-0.39, 0.29) is 11.5 Å². The zero-order valence-electron chi connectivity index (χ0n) is 13.5. The molecule has 0 radical (unpaired) electrons. The molecule has 0 spiro atoms. The van der Waals surface area contributed by atoms with Gasteiger partial charge in [-0.15, -0.1) is 0 Å². The second kappa shape index (κ2) is 5.42. The highest BCUT2D eigenvalue weighted by Gasteiger charge is 2.51. The van der Waals surface area contributed by atoms with Crippen molar-refractivity contribution >= 4 is 12.9 Å². The summed E-state index contributed by atoms with van der Waals surface area (Å²) in [5, 5.41) is 3.58. The first-order valence-corrected chi connectivity index (χ1v) is 7.11. The number of hydrogen-bond donors (Lipinski definition) is 0. The number of Topliss-reactive ketones (excluding diaryl/α,β-unsaturated/α-hetero) is 1. The largest absolute Gasteiger partial charge is 0.462 e. The van der Waals surface area contributed by atoms with Crippen LogP contribution in [0.15, 0.2) is 27.9 Å². The minimum absolute atomic E-state index is 0.165. The van der Waals surface area contributed by atoms with Crippen LogP contribution in [0.25, 0.3) is 0 Å². The Kier molecular flexibility index (Phi) is 4.13. The maximum absolute atomic E-state index is 12.5. The van der Waals surface area contributed by atoms with E-state index in [0.717, 1.165) is 5.57 Å². The molecule has 0 N–H and O–H groups in total. The van der Waals surface area contributed by atoms with Crippen LogP contribution in [0, 0.1) is 0 Å². The fraction of sp³-hybridized carbons (Fsp3) is 0.600. The average molecular weight is 291 g/mol. The number of carbonyl (C=O) groups excluding carboxylic acids is 1. The maximum Gasteiger partial charge on any atom is 0.462 e. The van der Waals surface area contributed by atoms with Crippen molar-refractivity contribution in [1.29, 1.82) is 0 Å². The van der Waals surface area contributed by atoms with Crippen molar-refractivity contribution in [2.75, 3.05) is 0 Å². The van der Waals surface area contributed by atoms with E-state index in [9.17, 15) is 4.79 Å². The molecular weight excluding hydrogens is 269 g/mol. The first-order chi connectivity index (χ1) is 9.64. The van der Waals surface area contributed by atoms with Gasteiger partial charge in [0.2, 0.25) is 11.5 Å². The van der Waals surface area contributed by atoms with Gasteiger partial charge in [0, 0.05) is 18.0 Å². The van der Waals surface area contributed by atoms with Crippen LogP contribution in [0.4, 0.5) is 0 Å². The minimum atomic E-state index is -0.438. The van der Waals surface area contributed by atoms with Gasteiger partial charge < -0.3 is 13.8 Å². The molecule has 2 rings (SSSR count). The summed E-state index contributed by atoms with van der Waals surface area (Å²) < 4.78 is 16.9. The Morgan fingerprint density at radius 3 is 2.19 bits per heavy atom. The molecule has 0 unspecified atom stereocenters. The molecule has 5 nitrogen and oxygen atoms in total. The van der Waals surface area contributed by atoms with Gasteiger partial charge in [-0.05, 0) is 41.5 Å². The molecule has 0 aromatic carbocycles. The van der Waals surface area contributed by atoms with Gasteiger partial charge in [0.15, 0.2) is 0 Å². The van der Waals surface area contributed by atoms with Gasteiger partial charge in [0.25, 0.3) is 0 Å². The summed E-state index contributed by atoms with van der Waals surface area (Å²) in [5.74, 6) is 0.0740. The molecule has 1 fully saturated rings. The van der Waals surface area contributed by atoms with Crippen LogP contribution in [0.5, 0.6) is 0 Å². The summed E-state index contributed by atoms with van der Waals surface area (Å²) in [6.07, 6.45) is 1.86. The van der Waals surface area contributed by atoms with Crippen molar-refractivity contribution in [2.24, 2.45) is 0 Å². The molecule has 0 amide bonds. The summed E-state index contributed by atoms with van der Waals surface area (Å²) in [4.78, 5) is 12.5. The Morgan fingerprint density at radius 1 is 1.19 bits per heavy atom. The van der Waals surface area contributed by atoms with Crippen LogP contribution in [0.3, 0.4) is 0 Å². The lowest BCUT2D eigenvalue weighted by atomic mass is 9.77. The molecular formula is C15H22BNO4. The number of nitrogens with zero attached hydrogens (tertiary/aromatic N) is 1. The third-order valence-corrected chi connectivity index (χ3v) is 4.21. The van der Waals surface area contributed by atoms with Gasteiger partial charge in [0.1, 0.15) is 0 Å². The number of hydrogen-bond acceptors (Lipinski definition) is 5. The molecule has 2 heterocycles. The lowest BCUT2D eigenvalue weighted by Gasteiger charge is -2.32. The highest BCUT2D eigenvalue weighted by molar-refractivity contribution is 6.47. The predicted molar refractivity (Wildman–Crippen MR) is 80.1 cm³/mol. The summed E-state index contributed by atoms with van der Waals surface area (Å²) in [6, 6.07) is 1.56. The standard InChI is InChI=1S/C15H22BNO4/c1-10(2)11(13(18)12-7-8-17-19-12)9-16-20-14(3,4)15(5,6)21-16/h7-8H,9H2,1-6H3. The van der Waals surface area contributed by atoms with Gasteiger partial charge in [-0.3, -0.25) is 4.79 Å². The molecule has 114 valence electrons. The number of carbonyl (C=O) groups is 1. The van der Waals surface area contributed by atoms with Gasteiger partial charge in [-0.1, -0.05) is 10.7 Å². The fourth-order valence-corrected chi connectivity index (χ4v) is 2.22. The Morgan fingerprint density at radius 2 is 1.76 bits per heavy atom. The lowest BCUT2D eigenvalue weighted by Crippen LogP contribution is -2.41. The molecule has 0 aliphatic carbocycles. The first-order valence-electron chi connectivity index (χ1n) is 7.11. The zero-order valence-corrected chi connectivity index (χ0v) is 13.5. The Labute approximate surface area is 125 Å². The third-order valence-electron chi connectivity index (χ3n) is 4.21. The maximum atomic E-state index is 12.5. The van der Waals surface area contributed by atoms with Crippen molar-refractivity contribution in [3.05, 3.63) is 29.2 Å². The van der Waals surface area contributed by atoms with Crippen LogP contribution in [0.2, 0.25) is 6.32 Å². The second-order valence-electron chi connectivity index (χ2n) is 6.57. The zero-order chi connectivity index (χ0) is 15.8. The predicted octanol–water partition coefficient (Wildman–Crippen LogP) is 3.29. The topological polar surface area (TPSA) is 61.6 Å². The van der Waals surface area contributed by atoms with Gasteiger partial charge in [-0.25, -0.2) is 0 Å². The van der Waals surface area contributed by atoms with E-state index in [0.29, 0.717) is 11.9 Å². The second-order valence-corrected chi connectivity index (χ2v) is 6.57. The van der Waals surface area contributed by atoms with E-state index in [1.807, 2.05) is 41.5 Å². The molecule has 0 bridgehead atoms. The smallest absolute Gasteiger partial charge is 0.403 e. The van der Waals surface area contributed by atoms with E-state index in [1.54, 1.807) is 6.07 Å². The van der Waals surface area contributed by atoms with Gasteiger partial charge >= 0.3 is 7.12 Å². The molecule has 21 heavy (non-hydrogen) atoms. The van der Waals surface area contributed by atoms with Crippen molar-refractivity contribution in [3.63, 3.8) is 0 Å². The highest BCUT2D eigenvalue weighted by atomic mass is 16.7. The van der Waals surface area contributed by atoms with E-state index in [2.05, 4.69) is 5.16 Å². The van der Waals surface area contributed by atoms with Gasteiger partial charge in [0.05, 0.1) is 17.4 Å². The summed E-state index contributed by atoms with van der Waals surface area (Å²) in [7, 11) is -0.438. The van der Waals surface area contributed by atoms with E-state index >= 15 is 0 Å². The van der Waals surface area contributed by atoms with E-state index < -0.39 is 18.3 Å². The third kappa shape index (κ3) is 3.11. The molecule has 1 aliphatic heterocycles. The molecule has 1 aromatic heterocycles. The monoisotopic (exact) mass is 291 g/mol. The van der Waals surface area contributed by atoms with Gasteiger partial charge in [-0.2, -0.15) is 0 Å². The fourth-order valence-electron chi connectivity index (χ4n) is 2.22. The van der Waals surface area contributed by atoms with Crippen molar-refractivity contribution in [3.8, 4) is 0 Å². The Bertz CT molecular complexity index is 540. The molecule has 0 saturated carbocycles. The van der Waals surface area contributed by atoms with Crippen LogP contribution >= 0.6 is 0 Å². The van der Waals surface area contributed by atoms with Crippen LogP contribution < -0.4 is 0 Å². The normalized spacial score (nSPS) is 19.6. The Balaban J connectivity index is 2.17.